The Morgan fingerprint density at radius 3 is 2.75 bits per heavy atom. The zero-order valence-corrected chi connectivity index (χ0v) is 15.1. The molecule has 0 spiro atoms. The molecule has 0 aromatic carbocycles. The monoisotopic (exact) mass is 337 g/mol. The summed E-state index contributed by atoms with van der Waals surface area (Å²) in [6.07, 6.45) is 1.53. The van der Waals surface area contributed by atoms with E-state index in [2.05, 4.69) is 25.9 Å². The number of oxime groups is 1. The highest BCUT2D eigenvalue weighted by Crippen LogP contribution is 2.66. The molecule has 5 aliphatic rings. The van der Waals surface area contributed by atoms with Crippen molar-refractivity contribution in [3.8, 4) is 0 Å². The van der Waals surface area contributed by atoms with Crippen molar-refractivity contribution in [1.29, 1.82) is 0 Å². The molecule has 2 aliphatic heterocycles. The Hall–Kier alpha value is -1.14. The van der Waals surface area contributed by atoms with Gasteiger partial charge in [-0.25, -0.2) is 4.79 Å². The maximum atomic E-state index is 12.2. The van der Waals surface area contributed by atoms with Crippen LogP contribution in [0.2, 0.25) is 0 Å². The van der Waals surface area contributed by atoms with Crippen LogP contribution in [0.1, 0.15) is 47.5 Å². The van der Waals surface area contributed by atoms with E-state index in [1.54, 1.807) is 6.92 Å². The SMILES string of the molecule is CCOC(=O)C1=NO[C@H](C)[C@H]1[C@H]1O[C@H]2C[C@H]3C[C@H](C3(C)C)[C@@]2(C)O1. The van der Waals surface area contributed by atoms with Crippen molar-refractivity contribution < 1.29 is 23.8 Å². The summed E-state index contributed by atoms with van der Waals surface area (Å²) >= 11 is 0. The molecule has 1 saturated heterocycles. The van der Waals surface area contributed by atoms with Gasteiger partial charge >= 0.3 is 5.97 Å². The smallest absolute Gasteiger partial charge is 0.356 e. The predicted molar refractivity (Wildman–Crippen MR) is 86.3 cm³/mol. The van der Waals surface area contributed by atoms with Crippen LogP contribution in [0.3, 0.4) is 0 Å². The molecule has 3 aliphatic carbocycles. The average Bonchev–Trinajstić information content (AvgIpc) is 3.06. The maximum absolute atomic E-state index is 12.2. The van der Waals surface area contributed by atoms with Crippen molar-refractivity contribution in [2.24, 2.45) is 28.3 Å². The molecule has 0 aromatic rings. The van der Waals surface area contributed by atoms with Crippen LogP contribution in [0.15, 0.2) is 5.16 Å². The molecule has 6 heteroatoms. The van der Waals surface area contributed by atoms with Crippen LogP contribution in [0.25, 0.3) is 0 Å². The van der Waals surface area contributed by atoms with Crippen LogP contribution in [-0.4, -0.2) is 42.4 Å². The van der Waals surface area contributed by atoms with E-state index in [0.29, 0.717) is 23.9 Å². The molecule has 4 fully saturated rings. The van der Waals surface area contributed by atoms with Crippen LogP contribution < -0.4 is 0 Å². The third-order valence-corrected chi connectivity index (χ3v) is 6.89. The summed E-state index contributed by atoms with van der Waals surface area (Å²) in [5.41, 5.74) is 0.271. The summed E-state index contributed by atoms with van der Waals surface area (Å²) in [7, 11) is 0. The first-order chi connectivity index (χ1) is 11.3. The van der Waals surface area contributed by atoms with Gasteiger partial charge in [0.25, 0.3) is 0 Å². The standard InChI is InChI=1S/C18H27NO5/c1-6-21-15(20)14-13(9(2)24-19-14)16-22-12-8-10-7-11(17(10,3)4)18(12,5)23-16/h9-13,16H,6-8H2,1-5H3/t9-,10-,11-,12+,13-,16+,18-/m1/s1. The minimum Gasteiger partial charge on any atom is -0.461 e. The lowest BCUT2D eigenvalue weighted by molar-refractivity contribution is -0.212. The van der Waals surface area contributed by atoms with E-state index in [1.807, 2.05) is 6.92 Å². The zero-order valence-electron chi connectivity index (χ0n) is 15.1. The fraction of sp³-hybridized carbons (Fsp3) is 0.889. The van der Waals surface area contributed by atoms with Gasteiger partial charge in [-0.15, -0.1) is 0 Å². The van der Waals surface area contributed by atoms with Crippen LogP contribution in [0, 0.1) is 23.2 Å². The molecule has 24 heavy (non-hydrogen) atoms. The molecule has 0 amide bonds. The molecule has 3 saturated carbocycles. The topological polar surface area (TPSA) is 66.4 Å². The van der Waals surface area contributed by atoms with Crippen molar-refractivity contribution in [1.82, 2.24) is 0 Å². The van der Waals surface area contributed by atoms with Gasteiger partial charge in [0.15, 0.2) is 12.0 Å². The van der Waals surface area contributed by atoms with E-state index < -0.39 is 12.3 Å². The average molecular weight is 337 g/mol. The molecule has 0 radical (unpaired) electrons. The molecule has 7 atom stereocenters. The fourth-order valence-electron chi connectivity index (χ4n) is 5.27. The van der Waals surface area contributed by atoms with Crippen LogP contribution in [0.4, 0.5) is 0 Å². The Kier molecular flexibility index (Phi) is 3.52. The van der Waals surface area contributed by atoms with E-state index in [0.717, 1.165) is 6.42 Å². The Balaban J connectivity index is 1.56. The summed E-state index contributed by atoms with van der Waals surface area (Å²) in [6, 6.07) is 0. The Morgan fingerprint density at radius 1 is 1.33 bits per heavy atom. The number of carbonyl (C=O) groups is 1. The molecule has 6 nitrogen and oxygen atoms in total. The lowest BCUT2D eigenvalue weighted by Crippen LogP contribution is -2.65. The number of hydrogen-bond acceptors (Lipinski definition) is 6. The minimum absolute atomic E-state index is 0.0792. The highest BCUT2D eigenvalue weighted by molar-refractivity contribution is 6.37. The first-order valence-corrected chi connectivity index (χ1v) is 9.03. The van der Waals surface area contributed by atoms with Gasteiger partial charge in [0.1, 0.15) is 12.0 Å². The lowest BCUT2D eigenvalue weighted by atomic mass is 9.43. The molecule has 0 N–H and O–H groups in total. The zero-order chi connectivity index (χ0) is 17.3. The van der Waals surface area contributed by atoms with Crippen molar-refractivity contribution >= 4 is 11.7 Å². The normalized spacial score (nSPS) is 48.1. The van der Waals surface area contributed by atoms with Gasteiger partial charge < -0.3 is 19.0 Å². The van der Waals surface area contributed by atoms with Crippen LogP contribution in [0.5, 0.6) is 0 Å². The number of esters is 1. The second-order valence-electron chi connectivity index (χ2n) is 8.37. The van der Waals surface area contributed by atoms with Crippen molar-refractivity contribution in [2.45, 2.75) is 71.6 Å². The number of rotatable bonds is 3. The molecular weight excluding hydrogens is 310 g/mol. The predicted octanol–water partition coefficient (Wildman–Crippen LogP) is 2.51. The number of ether oxygens (including phenoxy) is 3. The van der Waals surface area contributed by atoms with Gasteiger partial charge in [-0.1, -0.05) is 19.0 Å². The van der Waals surface area contributed by atoms with Gasteiger partial charge in [0.05, 0.1) is 18.3 Å². The molecular formula is C18H27NO5. The second-order valence-corrected chi connectivity index (χ2v) is 8.37. The van der Waals surface area contributed by atoms with Crippen LogP contribution >= 0.6 is 0 Å². The summed E-state index contributed by atoms with van der Waals surface area (Å²) in [5.74, 6) is 0.397. The second kappa shape index (κ2) is 5.18. The van der Waals surface area contributed by atoms with Crippen molar-refractivity contribution in [3.05, 3.63) is 0 Å². The number of nitrogens with zero attached hydrogens (tertiary/aromatic N) is 1. The third kappa shape index (κ3) is 2.02. The lowest BCUT2D eigenvalue weighted by Gasteiger charge is -2.63. The first kappa shape index (κ1) is 16.3. The van der Waals surface area contributed by atoms with Crippen LogP contribution in [-0.2, 0) is 23.8 Å². The van der Waals surface area contributed by atoms with E-state index in [9.17, 15) is 4.79 Å². The highest BCUT2D eigenvalue weighted by atomic mass is 16.7. The summed E-state index contributed by atoms with van der Waals surface area (Å²) in [5, 5.41) is 3.94. The minimum atomic E-state index is -0.504. The molecule has 2 heterocycles. The Morgan fingerprint density at radius 2 is 2.08 bits per heavy atom. The van der Waals surface area contributed by atoms with Crippen molar-refractivity contribution in [2.75, 3.05) is 6.61 Å². The van der Waals surface area contributed by atoms with Gasteiger partial charge in [0, 0.05) is 0 Å². The molecule has 5 rings (SSSR count). The fourth-order valence-corrected chi connectivity index (χ4v) is 5.27. The molecule has 0 unspecified atom stereocenters. The third-order valence-electron chi connectivity index (χ3n) is 6.89. The van der Waals surface area contributed by atoms with E-state index in [4.69, 9.17) is 19.0 Å². The first-order valence-electron chi connectivity index (χ1n) is 9.03. The number of carbonyl (C=O) groups excluding carboxylic acids is 1. The maximum Gasteiger partial charge on any atom is 0.356 e. The largest absolute Gasteiger partial charge is 0.461 e. The van der Waals surface area contributed by atoms with E-state index in [-0.39, 0.29) is 29.4 Å². The van der Waals surface area contributed by atoms with E-state index >= 15 is 0 Å². The Labute approximate surface area is 142 Å². The summed E-state index contributed by atoms with van der Waals surface area (Å²) in [6.45, 7) is 10.8. The molecule has 134 valence electrons. The molecule has 2 bridgehead atoms. The van der Waals surface area contributed by atoms with Gasteiger partial charge in [-0.2, -0.15) is 0 Å². The van der Waals surface area contributed by atoms with E-state index in [1.165, 1.54) is 6.42 Å². The van der Waals surface area contributed by atoms with Gasteiger partial charge in [-0.3, -0.25) is 0 Å². The highest BCUT2D eigenvalue weighted by Gasteiger charge is 2.68. The van der Waals surface area contributed by atoms with Gasteiger partial charge in [-0.05, 0) is 50.9 Å². The number of hydrogen-bond donors (Lipinski definition) is 0. The molecule has 0 aromatic heterocycles. The summed E-state index contributed by atoms with van der Waals surface area (Å²) < 4.78 is 17.9. The van der Waals surface area contributed by atoms with Gasteiger partial charge in [0.2, 0.25) is 0 Å². The summed E-state index contributed by atoms with van der Waals surface area (Å²) in [4.78, 5) is 17.5. The Bertz CT molecular complexity index is 588. The van der Waals surface area contributed by atoms with Crippen molar-refractivity contribution in [3.63, 3.8) is 0 Å². The quantitative estimate of drug-likeness (QED) is 0.740.